The number of H-pyrrole nitrogens is 1. The molecule has 0 unspecified atom stereocenters. The van der Waals surface area contributed by atoms with Gasteiger partial charge in [0.2, 0.25) is 5.91 Å². The van der Waals surface area contributed by atoms with Crippen molar-refractivity contribution in [3.05, 3.63) is 51.1 Å². The lowest BCUT2D eigenvalue weighted by atomic mass is 9.99. The van der Waals surface area contributed by atoms with Crippen LogP contribution < -0.4 is 16.6 Å². The van der Waals surface area contributed by atoms with Gasteiger partial charge >= 0.3 is 0 Å². The Morgan fingerprint density at radius 3 is 2.78 bits per heavy atom. The van der Waals surface area contributed by atoms with E-state index in [9.17, 15) is 9.59 Å². The number of aromatic nitrogens is 2. The molecule has 118 valence electrons. The summed E-state index contributed by atoms with van der Waals surface area (Å²) in [4.78, 5) is 30.2. The quantitative estimate of drug-likeness (QED) is 0.787. The molecule has 0 saturated heterocycles. The smallest absolute Gasteiger partial charge is 0.266 e. The molecule has 0 bridgehead atoms. The van der Waals surface area contributed by atoms with Gasteiger partial charge in [0.15, 0.2) is 0 Å². The monoisotopic (exact) mass is 311 g/mol. The Morgan fingerprint density at radius 2 is 2.17 bits per heavy atom. The number of aromatic amines is 1. The van der Waals surface area contributed by atoms with Crippen LogP contribution in [0.15, 0.2) is 23.1 Å². The Bertz CT molecular complexity index is 831. The SMILES string of the molecule is Cc1[nH]c(=O)c(C#N)c(C)c1CCC(=O)Nc1ccc(N)nc1. The number of pyridine rings is 2. The number of amides is 1. The standard InChI is InChI=1S/C16H17N5O2/c1-9-12(10(2)20-16(23)13(9)7-17)4-6-15(22)21-11-3-5-14(18)19-8-11/h3,5,8H,4,6H2,1-2H3,(H2,18,19)(H,20,23)(H,21,22). The summed E-state index contributed by atoms with van der Waals surface area (Å²) >= 11 is 0. The van der Waals surface area contributed by atoms with E-state index in [1.165, 1.54) is 6.20 Å². The number of hydrogen-bond donors (Lipinski definition) is 3. The molecule has 0 saturated carbocycles. The number of nitrogens with one attached hydrogen (secondary N) is 2. The summed E-state index contributed by atoms with van der Waals surface area (Å²) in [6, 6.07) is 5.17. The number of rotatable bonds is 4. The fraction of sp³-hybridized carbons (Fsp3) is 0.250. The first-order chi connectivity index (χ1) is 10.9. The molecule has 1 amide bonds. The van der Waals surface area contributed by atoms with Gasteiger partial charge in [-0.2, -0.15) is 5.26 Å². The fourth-order valence-electron chi connectivity index (χ4n) is 2.36. The van der Waals surface area contributed by atoms with Crippen molar-refractivity contribution in [3.63, 3.8) is 0 Å². The lowest BCUT2D eigenvalue weighted by Crippen LogP contribution is -2.18. The second-order valence-electron chi connectivity index (χ2n) is 5.19. The van der Waals surface area contributed by atoms with Crippen LogP contribution in [0.4, 0.5) is 11.5 Å². The van der Waals surface area contributed by atoms with Crippen LogP contribution in [0.2, 0.25) is 0 Å². The van der Waals surface area contributed by atoms with Gasteiger partial charge in [0.25, 0.3) is 5.56 Å². The molecule has 2 heterocycles. The maximum atomic E-state index is 12.0. The molecule has 2 rings (SSSR count). The summed E-state index contributed by atoms with van der Waals surface area (Å²) in [6.07, 6.45) is 2.14. The van der Waals surface area contributed by atoms with Crippen LogP contribution in [-0.4, -0.2) is 15.9 Å². The Kier molecular flexibility index (Phi) is 4.76. The zero-order chi connectivity index (χ0) is 17.0. The number of hydrogen-bond acceptors (Lipinski definition) is 5. The third-order valence-corrected chi connectivity index (χ3v) is 3.59. The summed E-state index contributed by atoms with van der Waals surface area (Å²) in [5.74, 6) is 0.201. The number of aryl methyl sites for hydroxylation is 1. The van der Waals surface area contributed by atoms with Crippen LogP contribution in [0.25, 0.3) is 0 Å². The highest BCUT2D eigenvalue weighted by molar-refractivity contribution is 5.90. The van der Waals surface area contributed by atoms with Crippen LogP contribution in [-0.2, 0) is 11.2 Å². The fourth-order valence-corrected chi connectivity index (χ4v) is 2.36. The summed E-state index contributed by atoms with van der Waals surface area (Å²) in [7, 11) is 0. The van der Waals surface area contributed by atoms with Crippen LogP contribution in [0.5, 0.6) is 0 Å². The highest BCUT2D eigenvalue weighted by Gasteiger charge is 2.13. The molecule has 0 aliphatic carbocycles. The van der Waals surface area contributed by atoms with E-state index < -0.39 is 5.56 Å². The zero-order valence-electron chi connectivity index (χ0n) is 12.9. The lowest BCUT2D eigenvalue weighted by molar-refractivity contribution is -0.116. The molecule has 0 spiro atoms. The molecular weight excluding hydrogens is 294 g/mol. The van der Waals surface area contributed by atoms with Gasteiger partial charge in [0, 0.05) is 12.1 Å². The largest absolute Gasteiger partial charge is 0.384 e. The molecule has 2 aromatic rings. The summed E-state index contributed by atoms with van der Waals surface area (Å²) in [6.45, 7) is 3.48. The molecule has 23 heavy (non-hydrogen) atoms. The molecular formula is C16H17N5O2. The minimum Gasteiger partial charge on any atom is -0.384 e. The second kappa shape index (κ2) is 6.75. The Hall–Kier alpha value is -3.14. The van der Waals surface area contributed by atoms with Crippen LogP contribution >= 0.6 is 0 Å². The van der Waals surface area contributed by atoms with E-state index in [-0.39, 0.29) is 17.9 Å². The molecule has 0 radical (unpaired) electrons. The Morgan fingerprint density at radius 1 is 1.43 bits per heavy atom. The maximum absolute atomic E-state index is 12.0. The number of carbonyl (C=O) groups is 1. The number of nitrogens with zero attached hydrogens (tertiary/aromatic N) is 2. The van der Waals surface area contributed by atoms with Gasteiger partial charge in [-0.25, -0.2) is 4.98 Å². The second-order valence-corrected chi connectivity index (χ2v) is 5.19. The first-order valence-electron chi connectivity index (χ1n) is 7.06. The summed E-state index contributed by atoms with van der Waals surface area (Å²) < 4.78 is 0. The van der Waals surface area contributed by atoms with E-state index in [0.717, 1.165) is 5.56 Å². The highest BCUT2D eigenvalue weighted by Crippen LogP contribution is 2.15. The average molecular weight is 311 g/mol. The van der Waals surface area contributed by atoms with Gasteiger partial charge in [-0.05, 0) is 43.5 Å². The molecule has 0 aliphatic rings. The first kappa shape index (κ1) is 16.2. The van der Waals surface area contributed by atoms with Crippen molar-refractivity contribution in [2.24, 2.45) is 0 Å². The van der Waals surface area contributed by atoms with E-state index in [1.807, 2.05) is 6.07 Å². The normalized spacial score (nSPS) is 10.1. The zero-order valence-corrected chi connectivity index (χ0v) is 12.9. The molecule has 4 N–H and O–H groups in total. The van der Waals surface area contributed by atoms with Gasteiger partial charge in [-0.3, -0.25) is 9.59 Å². The van der Waals surface area contributed by atoms with Crippen molar-refractivity contribution in [1.29, 1.82) is 5.26 Å². The Balaban J connectivity index is 2.09. The number of nitriles is 1. The molecule has 0 aromatic carbocycles. The maximum Gasteiger partial charge on any atom is 0.266 e. The van der Waals surface area contributed by atoms with E-state index in [0.29, 0.717) is 29.2 Å². The van der Waals surface area contributed by atoms with Gasteiger partial charge in [0.1, 0.15) is 17.5 Å². The van der Waals surface area contributed by atoms with Crippen LogP contribution in [0.1, 0.15) is 28.8 Å². The topological polar surface area (TPSA) is 125 Å². The molecule has 0 aliphatic heterocycles. The predicted molar refractivity (Wildman–Crippen MR) is 86.9 cm³/mol. The van der Waals surface area contributed by atoms with Gasteiger partial charge in [-0.15, -0.1) is 0 Å². The summed E-state index contributed by atoms with van der Waals surface area (Å²) in [5.41, 5.74) is 7.85. The van der Waals surface area contributed by atoms with Crippen molar-refractivity contribution in [2.75, 3.05) is 11.1 Å². The molecule has 0 fully saturated rings. The molecule has 7 heteroatoms. The van der Waals surface area contributed by atoms with E-state index in [2.05, 4.69) is 15.3 Å². The van der Waals surface area contributed by atoms with Gasteiger partial charge < -0.3 is 16.0 Å². The van der Waals surface area contributed by atoms with Crippen LogP contribution in [0.3, 0.4) is 0 Å². The third-order valence-electron chi connectivity index (χ3n) is 3.59. The van der Waals surface area contributed by atoms with Crippen molar-refractivity contribution in [3.8, 4) is 6.07 Å². The van der Waals surface area contributed by atoms with Crippen molar-refractivity contribution >= 4 is 17.4 Å². The Labute approximate surface area is 133 Å². The van der Waals surface area contributed by atoms with Crippen molar-refractivity contribution in [1.82, 2.24) is 9.97 Å². The highest BCUT2D eigenvalue weighted by atomic mass is 16.1. The van der Waals surface area contributed by atoms with Gasteiger partial charge in [0.05, 0.1) is 11.9 Å². The molecule has 7 nitrogen and oxygen atoms in total. The predicted octanol–water partition coefficient (Wildman–Crippen LogP) is 1.41. The van der Waals surface area contributed by atoms with Crippen molar-refractivity contribution < 1.29 is 4.79 Å². The minimum atomic E-state index is -0.399. The lowest BCUT2D eigenvalue weighted by Gasteiger charge is -2.11. The molecule has 2 aromatic heterocycles. The number of nitrogens with two attached hydrogens (primary N) is 1. The number of nitrogen functional groups attached to an aromatic ring is 1. The van der Waals surface area contributed by atoms with E-state index >= 15 is 0 Å². The van der Waals surface area contributed by atoms with E-state index in [1.54, 1.807) is 26.0 Å². The number of carbonyl (C=O) groups excluding carboxylic acids is 1. The van der Waals surface area contributed by atoms with Crippen LogP contribution in [0, 0.1) is 25.2 Å². The van der Waals surface area contributed by atoms with Crippen molar-refractivity contribution in [2.45, 2.75) is 26.7 Å². The number of anilines is 2. The first-order valence-corrected chi connectivity index (χ1v) is 7.06. The molecule has 0 atom stereocenters. The summed E-state index contributed by atoms with van der Waals surface area (Å²) in [5, 5.41) is 11.8. The average Bonchev–Trinajstić information content (AvgIpc) is 2.49. The van der Waals surface area contributed by atoms with E-state index in [4.69, 9.17) is 11.0 Å². The third kappa shape index (κ3) is 3.74. The van der Waals surface area contributed by atoms with Gasteiger partial charge in [-0.1, -0.05) is 0 Å². The minimum absolute atomic E-state index is 0.0914.